The van der Waals surface area contributed by atoms with Crippen molar-refractivity contribution >= 4 is 35.3 Å². The minimum Gasteiger partial charge on any atom is -0.454 e. The van der Waals surface area contributed by atoms with E-state index in [9.17, 15) is 18.8 Å². The lowest BCUT2D eigenvalue weighted by Crippen LogP contribution is -2.31. The predicted molar refractivity (Wildman–Crippen MR) is 152 cm³/mol. The summed E-state index contributed by atoms with van der Waals surface area (Å²) in [5.41, 5.74) is 11.5. The van der Waals surface area contributed by atoms with E-state index < -0.39 is 17.9 Å². The number of imide groups is 1. The van der Waals surface area contributed by atoms with E-state index in [1.165, 1.54) is 16.9 Å². The molecule has 2 heterocycles. The average Bonchev–Trinajstić information content (AvgIpc) is 3.59. The van der Waals surface area contributed by atoms with Gasteiger partial charge in [0.1, 0.15) is 17.6 Å². The molecule has 1 saturated heterocycles. The summed E-state index contributed by atoms with van der Waals surface area (Å²) in [7, 11) is 0. The van der Waals surface area contributed by atoms with Crippen molar-refractivity contribution in [3.05, 3.63) is 100 Å². The SMILES string of the molecule is Cc1cc2c(cc1N1C(=O)N[C@H](C)C1=O)CC(C(=O)c1cnn(-c3ccc(Oc4ccccc4F)cc3C)c1N)=C2. The number of nitrogen functional groups attached to an aromatic ring is 1. The highest BCUT2D eigenvalue weighted by atomic mass is 19.1. The van der Waals surface area contributed by atoms with Gasteiger partial charge in [0.05, 0.1) is 23.1 Å². The molecule has 6 rings (SSSR count). The van der Waals surface area contributed by atoms with Crippen molar-refractivity contribution in [2.45, 2.75) is 33.2 Å². The Morgan fingerprint density at radius 2 is 1.83 bits per heavy atom. The van der Waals surface area contributed by atoms with Crippen LogP contribution in [0.15, 0.2) is 66.4 Å². The Kier molecular flexibility index (Phi) is 6.18. The lowest BCUT2D eigenvalue weighted by atomic mass is 10.0. The second-order valence-corrected chi connectivity index (χ2v) is 10.2. The number of nitrogens with two attached hydrogens (primary N) is 1. The van der Waals surface area contributed by atoms with E-state index in [0.29, 0.717) is 29.1 Å². The third-order valence-corrected chi connectivity index (χ3v) is 7.35. The summed E-state index contributed by atoms with van der Waals surface area (Å²) in [5.74, 6) is -0.294. The number of nitrogens with zero attached hydrogens (tertiary/aromatic N) is 3. The highest BCUT2D eigenvalue weighted by Gasteiger charge is 2.37. The topological polar surface area (TPSA) is 120 Å². The maximum atomic E-state index is 14.0. The smallest absolute Gasteiger partial charge is 0.329 e. The van der Waals surface area contributed by atoms with Crippen LogP contribution >= 0.6 is 0 Å². The van der Waals surface area contributed by atoms with Gasteiger partial charge >= 0.3 is 6.03 Å². The van der Waals surface area contributed by atoms with Crippen molar-refractivity contribution in [3.63, 3.8) is 0 Å². The molecule has 0 unspecified atom stereocenters. The van der Waals surface area contributed by atoms with Crippen molar-refractivity contribution in [1.82, 2.24) is 15.1 Å². The number of anilines is 2. The van der Waals surface area contributed by atoms with Gasteiger partial charge in [-0.25, -0.2) is 18.8 Å². The third kappa shape index (κ3) is 4.43. The molecule has 1 aromatic heterocycles. The van der Waals surface area contributed by atoms with Crippen LogP contribution in [0.3, 0.4) is 0 Å². The van der Waals surface area contributed by atoms with Gasteiger partial charge in [0, 0.05) is 12.0 Å². The van der Waals surface area contributed by atoms with Crippen molar-refractivity contribution in [2.75, 3.05) is 10.6 Å². The zero-order chi connectivity index (χ0) is 29.0. The van der Waals surface area contributed by atoms with Crippen LogP contribution < -0.4 is 20.7 Å². The number of allylic oxidation sites excluding steroid dienone is 1. The molecule has 0 radical (unpaired) electrons. The number of carbonyl (C=O) groups excluding carboxylic acids is 3. The fourth-order valence-electron chi connectivity index (χ4n) is 5.19. The number of ketones is 1. The van der Waals surface area contributed by atoms with Crippen LogP contribution in [0.1, 0.15) is 39.5 Å². The molecule has 41 heavy (non-hydrogen) atoms. The summed E-state index contributed by atoms with van der Waals surface area (Å²) in [6.07, 6.45) is 3.57. The lowest BCUT2D eigenvalue weighted by Gasteiger charge is -2.17. The molecule has 3 N–H and O–H groups in total. The number of halogens is 1. The molecule has 2 aliphatic rings. The Hall–Kier alpha value is -5.25. The Morgan fingerprint density at radius 1 is 1.07 bits per heavy atom. The highest BCUT2D eigenvalue weighted by molar-refractivity contribution is 6.22. The van der Waals surface area contributed by atoms with Crippen molar-refractivity contribution in [2.24, 2.45) is 0 Å². The molecule has 1 aliphatic carbocycles. The first kappa shape index (κ1) is 26.0. The molecule has 4 aromatic rings. The predicted octanol–water partition coefficient (Wildman–Crippen LogP) is 5.27. The molecule has 0 bridgehead atoms. The number of aryl methyl sites for hydroxylation is 2. The minimum absolute atomic E-state index is 0.115. The Morgan fingerprint density at radius 3 is 2.54 bits per heavy atom. The van der Waals surface area contributed by atoms with Gasteiger partial charge in [0.25, 0.3) is 5.91 Å². The second kappa shape index (κ2) is 9.74. The normalized spacial score (nSPS) is 16.0. The van der Waals surface area contributed by atoms with Crippen molar-refractivity contribution in [3.8, 4) is 17.2 Å². The number of nitrogens with one attached hydrogen (secondary N) is 1. The molecular weight excluding hydrogens is 525 g/mol. The lowest BCUT2D eigenvalue weighted by molar-refractivity contribution is -0.117. The number of Topliss-reactive ketones (excluding diaryl/α,β-unsaturated/α-hetero) is 1. The van der Waals surface area contributed by atoms with Gasteiger partial charge in [-0.2, -0.15) is 5.10 Å². The number of carbonyl (C=O) groups is 3. The molecule has 0 spiro atoms. The molecule has 9 nitrogen and oxygen atoms in total. The number of ether oxygens (including phenoxy) is 1. The van der Waals surface area contributed by atoms with Gasteiger partial charge in [0.15, 0.2) is 17.3 Å². The van der Waals surface area contributed by atoms with E-state index in [-0.39, 0.29) is 28.8 Å². The van der Waals surface area contributed by atoms with Crippen LogP contribution in [-0.2, 0) is 11.2 Å². The zero-order valence-electron chi connectivity index (χ0n) is 22.6. The van der Waals surface area contributed by atoms with E-state index in [4.69, 9.17) is 10.5 Å². The van der Waals surface area contributed by atoms with Gasteiger partial charge in [0.2, 0.25) is 0 Å². The Balaban J connectivity index is 1.23. The monoisotopic (exact) mass is 551 g/mol. The second-order valence-electron chi connectivity index (χ2n) is 10.2. The Bertz CT molecular complexity index is 1810. The standard InChI is InChI=1S/C31H26FN5O4/c1-16-10-19-12-21(13-20(19)14-26(16)36-30(39)18(3)35-31(36)40)28(38)23-15-34-37(29(23)33)25-9-8-22(11-17(25)2)41-27-7-5-4-6-24(27)32/h4-12,14-15,18H,13,33H2,1-3H3,(H,35,40)/t18-/m1/s1. The van der Waals surface area contributed by atoms with Gasteiger partial charge in [-0.05, 0) is 91.6 Å². The molecule has 1 aliphatic heterocycles. The van der Waals surface area contributed by atoms with Crippen LogP contribution in [0.4, 0.5) is 20.7 Å². The first-order valence-electron chi connectivity index (χ1n) is 13.0. The van der Waals surface area contributed by atoms with Gasteiger partial charge in [-0.1, -0.05) is 12.1 Å². The summed E-state index contributed by atoms with van der Waals surface area (Å²) in [6, 6.07) is 13.9. The summed E-state index contributed by atoms with van der Waals surface area (Å²) in [6.45, 7) is 5.31. The Labute approximate surface area is 235 Å². The van der Waals surface area contributed by atoms with Gasteiger partial charge in [-0.3, -0.25) is 9.59 Å². The minimum atomic E-state index is -0.593. The maximum Gasteiger partial charge on any atom is 0.329 e. The molecule has 3 amide bonds. The number of benzene rings is 3. The van der Waals surface area contributed by atoms with Crippen LogP contribution in [0, 0.1) is 19.7 Å². The van der Waals surface area contributed by atoms with E-state index in [1.54, 1.807) is 55.5 Å². The molecule has 0 saturated carbocycles. The van der Waals surface area contributed by atoms with E-state index in [1.807, 2.05) is 19.9 Å². The van der Waals surface area contributed by atoms with E-state index in [2.05, 4.69) is 10.4 Å². The summed E-state index contributed by atoms with van der Waals surface area (Å²) >= 11 is 0. The molecule has 206 valence electrons. The van der Waals surface area contributed by atoms with Crippen LogP contribution in [0.25, 0.3) is 11.8 Å². The quantitative estimate of drug-likeness (QED) is 0.249. The van der Waals surface area contributed by atoms with Crippen molar-refractivity contribution in [1.29, 1.82) is 0 Å². The van der Waals surface area contributed by atoms with Crippen molar-refractivity contribution < 1.29 is 23.5 Å². The molecule has 1 atom stereocenters. The number of hydrogen-bond acceptors (Lipinski definition) is 6. The fraction of sp³-hybridized carbons (Fsp3) is 0.161. The average molecular weight is 552 g/mol. The van der Waals surface area contributed by atoms with Crippen LogP contribution in [-0.4, -0.2) is 33.5 Å². The number of hydrogen-bond donors (Lipinski definition) is 2. The number of aromatic nitrogens is 2. The number of rotatable bonds is 6. The largest absolute Gasteiger partial charge is 0.454 e. The first-order valence-corrected chi connectivity index (χ1v) is 13.0. The summed E-state index contributed by atoms with van der Waals surface area (Å²) < 4.78 is 21.2. The number of urea groups is 1. The van der Waals surface area contributed by atoms with Gasteiger partial charge in [-0.15, -0.1) is 0 Å². The maximum absolute atomic E-state index is 14.0. The molecule has 3 aromatic carbocycles. The summed E-state index contributed by atoms with van der Waals surface area (Å²) in [4.78, 5) is 39.6. The van der Waals surface area contributed by atoms with E-state index in [0.717, 1.165) is 27.2 Å². The third-order valence-electron chi connectivity index (χ3n) is 7.35. The number of fused-ring (bicyclic) bond motifs is 1. The van der Waals surface area contributed by atoms with E-state index >= 15 is 0 Å². The fourth-order valence-corrected chi connectivity index (χ4v) is 5.19. The number of amides is 3. The molecule has 1 fully saturated rings. The highest BCUT2D eigenvalue weighted by Crippen LogP contribution is 2.35. The molecular formula is C31H26FN5O4. The number of para-hydroxylation sites is 1. The van der Waals surface area contributed by atoms with Crippen LogP contribution in [0.5, 0.6) is 11.5 Å². The summed E-state index contributed by atoms with van der Waals surface area (Å²) in [5, 5.41) is 7.00. The first-order chi connectivity index (χ1) is 19.6. The molecule has 10 heteroatoms. The zero-order valence-corrected chi connectivity index (χ0v) is 22.6. The van der Waals surface area contributed by atoms with Gasteiger partial charge < -0.3 is 15.8 Å². The van der Waals surface area contributed by atoms with Crippen LogP contribution in [0.2, 0.25) is 0 Å².